The third-order valence-electron chi connectivity index (χ3n) is 5.36. The highest BCUT2D eigenvalue weighted by molar-refractivity contribution is 14.1. The van der Waals surface area contributed by atoms with Crippen LogP contribution in [-0.4, -0.2) is 56.7 Å². The van der Waals surface area contributed by atoms with Crippen LogP contribution in [0, 0.1) is 3.57 Å². The van der Waals surface area contributed by atoms with Crippen LogP contribution in [0.3, 0.4) is 0 Å². The molecule has 2 aromatic rings. The predicted octanol–water partition coefficient (Wildman–Crippen LogP) is 4.84. The van der Waals surface area contributed by atoms with Crippen LogP contribution in [0.15, 0.2) is 54.6 Å². The molecule has 8 nitrogen and oxygen atoms in total. The average molecular weight is 602 g/mol. The number of carbonyl (C=O) groups is 1. The van der Waals surface area contributed by atoms with Crippen molar-refractivity contribution < 1.29 is 37.3 Å². The Labute approximate surface area is 214 Å². The van der Waals surface area contributed by atoms with E-state index in [1.54, 1.807) is 24.3 Å². The zero-order valence-corrected chi connectivity index (χ0v) is 22.3. The van der Waals surface area contributed by atoms with E-state index in [4.69, 9.17) is 32.5 Å². The maximum absolute atomic E-state index is 12.4. The van der Waals surface area contributed by atoms with E-state index in [0.717, 1.165) is 6.42 Å². The second-order valence-electron chi connectivity index (χ2n) is 8.26. The quantitative estimate of drug-likeness (QED) is 0.217. The maximum Gasteiger partial charge on any atom is 0.338 e. The van der Waals surface area contributed by atoms with Crippen LogP contribution in [0.4, 0.5) is 0 Å². The second-order valence-corrected chi connectivity index (χ2v) is 10.7. The Morgan fingerprint density at radius 3 is 2.56 bits per heavy atom. The van der Waals surface area contributed by atoms with Crippen molar-refractivity contribution in [2.45, 2.75) is 50.7 Å². The van der Waals surface area contributed by atoms with Crippen LogP contribution in [0.2, 0.25) is 0 Å². The molecule has 4 rings (SSSR count). The topological polar surface area (TPSA) is 81.7 Å². The highest BCUT2D eigenvalue weighted by atomic mass is 127. The van der Waals surface area contributed by atoms with Crippen molar-refractivity contribution >= 4 is 37.2 Å². The largest absolute Gasteiger partial charge is 0.459 e. The van der Waals surface area contributed by atoms with Gasteiger partial charge in [0, 0.05) is 10.7 Å². The van der Waals surface area contributed by atoms with E-state index in [2.05, 4.69) is 34.7 Å². The average Bonchev–Trinajstić information content (AvgIpc) is 3.29. The van der Waals surface area contributed by atoms with Gasteiger partial charge in [-0.15, -0.1) is 0 Å². The molecule has 2 aromatic carbocycles. The molecule has 0 aliphatic carbocycles. The molecule has 0 amide bonds. The van der Waals surface area contributed by atoms with Gasteiger partial charge in [0.1, 0.15) is 24.9 Å². The Bertz CT molecular complexity index is 959. The van der Waals surface area contributed by atoms with Crippen molar-refractivity contribution in [3.63, 3.8) is 0 Å². The zero-order chi connectivity index (χ0) is 24.1. The SMILES string of the molecule is COP(OCCc1ccccc1I)O[C@@H]1[C@H]2OC(C)(C)O[C@H]2O[C@@H]1COC(=O)c1ccccc1. The summed E-state index contributed by atoms with van der Waals surface area (Å²) in [6.07, 6.45) is -1.62. The molecule has 0 saturated carbocycles. The molecule has 34 heavy (non-hydrogen) atoms. The second kappa shape index (κ2) is 11.7. The van der Waals surface area contributed by atoms with Gasteiger partial charge in [0.25, 0.3) is 0 Å². The van der Waals surface area contributed by atoms with Crippen LogP contribution in [-0.2, 0) is 38.9 Å². The summed E-state index contributed by atoms with van der Waals surface area (Å²) in [5.74, 6) is -1.26. The van der Waals surface area contributed by atoms with Gasteiger partial charge < -0.3 is 32.5 Å². The molecule has 1 unspecified atom stereocenters. The molecular formula is C24H28IO8P. The summed E-state index contributed by atoms with van der Waals surface area (Å²) in [4.78, 5) is 12.4. The van der Waals surface area contributed by atoms with E-state index >= 15 is 0 Å². The minimum absolute atomic E-state index is 0.0202. The Balaban J connectivity index is 1.37. The molecule has 0 aromatic heterocycles. The smallest absolute Gasteiger partial charge is 0.338 e. The minimum atomic E-state index is -1.68. The summed E-state index contributed by atoms with van der Waals surface area (Å²) in [5.41, 5.74) is 1.66. The lowest BCUT2D eigenvalue weighted by Crippen LogP contribution is -2.38. The van der Waals surface area contributed by atoms with E-state index in [-0.39, 0.29) is 6.61 Å². The summed E-state index contributed by atoms with van der Waals surface area (Å²) in [7, 11) is -0.151. The van der Waals surface area contributed by atoms with Gasteiger partial charge in [-0.05, 0) is 66.6 Å². The van der Waals surface area contributed by atoms with Crippen molar-refractivity contribution in [3.05, 3.63) is 69.3 Å². The fourth-order valence-corrected chi connectivity index (χ4v) is 5.38. The minimum Gasteiger partial charge on any atom is -0.459 e. The summed E-state index contributed by atoms with van der Waals surface area (Å²) in [6.45, 7) is 4.03. The molecule has 10 heteroatoms. The highest BCUT2D eigenvalue weighted by Gasteiger charge is 2.56. The first kappa shape index (κ1) is 25.9. The van der Waals surface area contributed by atoms with Crippen molar-refractivity contribution in [1.82, 2.24) is 0 Å². The highest BCUT2D eigenvalue weighted by Crippen LogP contribution is 2.47. The normalized spacial score (nSPS) is 26.2. The summed E-state index contributed by atoms with van der Waals surface area (Å²) < 4.78 is 42.1. The number of fused-ring (bicyclic) bond motifs is 1. The van der Waals surface area contributed by atoms with E-state index < -0.39 is 45.0 Å². The van der Waals surface area contributed by atoms with Crippen molar-refractivity contribution in [2.24, 2.45) is 0 Å². The van der Waals surface area contributed by atoms with Crippen LogP contribution < -0.4 is 0 Å². The van der Waals surface area contributed by atoms with Gasteiger partial charge in [-0.25, -0.2) is 4.79 Å². The molecule has 2 fully saturated rings. The monoisotopic (exact) mass is 602 g/mol. The number of ether oxygens (including phenoxy) is 4. The first-order valence-electron chi connectivity index (χ1n) is 11.0. The fraction of sp³-hybridized carbons (Fsp3) is 0.458. The molecular weight excluding hydrogens is 574 g/mol. The maximum atomic E-state index is 12.4. The van der Waals surface area contributed by atoms with Crippen molar-refractivity contribution in [3.8, 4) is 0 Å². The Morgan fingerprint density at radius 2 is 1.82 bits per heavy atom. The summed E-state index contributed by atoms with van der Waals surface area (Å²) >= 11 is 2.31. The number of esters is 1. The van der Waals surface area contributed by atoms with Gasteiger partial charge in [0.05, 0.1) is 12.2 Å². The summed E-state index contributed by atoms with van der Waals surface area (Å²) in [6, 6.07) is 16.9. The summed E-state index contributed by atoms with van der Waals surface area (Å²) in [5, 5.41) is 0. The van der Waals surface area contributed by atoms with Crippen molar-refractivity contribution in [2.75, 3.05) is 20.3 Å². The van der Waals surface area contributed by atoms with Gasteiger partial charge in [0.15, 0.2) is 12.1 Å². The lowest BCUT2D eigenvalue weighted by atomic mass is 10.1. The Morgan fingerprint density at radius 1 is 1.09 bits per heavy atom. The van der Waals surface area contributed by atoms with Gasteiger partial charge in [0.2, 0.25) is 0 Å². The fourth-order valence-electron chi connectivity index (χ4n) is 3.78. The number of benzene rings is 2. The van der Waals surface area contributed by atoms with Gasteiger partial charge in [-0.2, -0.15) is 0 Å². The Hall–Kier alpha value is -1.17. The number of hydrogen-bond acceptors (Lipinski definition) is 8. The Kier molecular flexibility index (Phi) is 8.92. The van der Waals surface area contributed by atoms with Crippen molar-refractivity contribution in [1.29, 1.82) is 0 Å². The molecule has 0 N–H and O–H groups in total. The molecule has 2 heterocycles. The van der Waals surface area contributed by atoms with Crippen LogP contribution in [0.25, 0.3) is 0 Å². The molecule has 184 valence electrons. The van der Waals surface area contributed by atoms with Crippen LogP contribution in [0.1, 0.15) is 29.8 Å². The number of carbonyl (C=O) groups excluding carboxylic acids is 1. The van der Waals surface area contributed by atoms with E-state index in [0.29, 0.717) is 12.2 Å². The number of hydrogen-bond donors (Lipinski definition) is 0. The molecule has 2 aliphatic rings. The van der Waals surface area contributed by atoms with Gasteiger partial charge in [-0.3, -0.25) is 0 Å². The zero-order valence-electron chi connectivity index (χ0n) is 19.2. The third-order valence-corrected chi connectivity index (χ3v) is 7.52. The first-order chi connectivity index (χ1) is 16.4. The molecule has 0 spiro atoms. The lowest BCUT2D eigenvalue weighted by molar-refractivity contribution is -0.217. The lowest BCUT2D eigenvalue weighted by Gasteiger charge is -2.27. The third kappa shape index (κ3) is 6.53. The number of halogens is 1. The van der Waals surface area contributed by atoms with E-state index in [9.17, 15) is 4.79 Å². The van der Waals surface area contributed by atoms with E-state index in [1.165, 1.54) is 16.2 Å². The molecule has 0 bridgehead atoms. The van der Waals surface area contributed by atoms with Gasteiger partial charge >= 0.3 is 14.6 Å². The van der Waals surface area contributed by atoms with E-state index in [1.807, 2.05) is 32.0 Å². The van der Waals surface area contributed by atoms with Gasteiger partial charge in [-0.1, -0.05) is 36.4 Å². The molecule has 2 saturated heterocycles. The van der Waals surface area contributed by atoms with Crippen LogP contribution in [0.5, 0.6) is 0 Å². The molecule has 0 radical (unpaired) electrons. The standard InChI is InChI=1S/C24H28IO8P/c1-24(2)31-21-20(33-34(27-3)29-14-13-16-9-7-8-12-18(16)25)19(30-23(21)32-24)15-28-22(26)17-10-5-4-6-11-17/h4-12,19-21,23H,13-15H2,1-3H3/t19-,20+,21-,23-,34?/m1/s1. The van der Waals surface area contributed by atoms with Crippen LogP contribution >= 0.6 is 31.2 Å². The predicted molar refractivity (Wildman–Crippen MR) is 133 cm³/mol. The molecule has 2 aliphatic heterocycles. The first-order valence-corrected chi connectivity index (χ1v) is 13.1. The molecule has 5 atom stereocenters. The number of rotatable bonds is 10.